The van der Waals surface area contributed by atoms with Gasteiger partial charge < -0.3 is 4.90 Å². The number of hydrogen-bond donors (Lipinski definition) is 0. The molecule has 4 rings (SSSR count). The van der Waals surface area contributed by atoms with Gasteiger partial charge in [-0.25, -0.2) is 8.42 Å². The summed E-state index contributed by atoms with van der Waals surface area (Å²) in [5.74, 6) is 0.00972. The lowest BCUT2D eigenvalue weighted by Crippen LogP contribution is -2.70. The predicted molar refractivity (Wildman–Crippen MR) is 117 cm³/mol. The molecule has 1 atom stereocenters. The van der Waals surface area contributed by atoms with E-state index in [2.05, 4.69) is 18.7 Å². The predicted octanol–water partition coefficient (Wildman–Crippen LogP) is 2.60. The Hall–Kier alpha value is -2.22. The fourth-order valence-electron chi connectivity index (χ4n) is 4.62. The van der Waals surface area contributed by atoms with E-state index in [-0.39, 0.29) is 17.5 Å². The van der Waals surface area contributed by atoms with Crippen LogP contribution in [0.3, 0.4) is 0 Å². The molecule has 2 aliphatic heterocycles. The summed E-state index contributed by atoms with van der Waals surface area (Å²) in [6.45, 7) is 8.92. The molecule has 6 nitrogen and oxygen atoms in total. The van der Waals surface area contributed by atoms with Crippen molar-refractivity contribution >= 4 is 15.9 Å². The van der Waals surface area contributed by atoms with Crippen molar-refractivity contribution in [2.24, 2.45) is 0 Å². The monoisotopic (exact) mass is 427 g/mol. The van der Waals surface area contributed by atoms with Crippen molar-refractivity contribution < 1.29 is 13.2 Å². The van der Waals surface area contributed by atoms with Gasteiger partial charge in [0.1, 0.15) is 0 Å². The number of hydrogen-bond acceptors (Lipinski definition) is 4. The summed E-state index contributed by atoms with van der Waals surface area (Å²) in [7, 11) is -3.58. The maximum absolute atomic E-state index is 13.2. The van der Waals surface area contributed by atoms with Crippen molar-refractivity contribution in [3.63, 3.8) is 0 Å². The third kappa shape index (κ3) is 3.89. The molecule has 0 bridgehead atoms. The smallest absolute Gasteiger partial charge is 0.253 e. The first-order chi connectivity index (χ1) is 14.2. The normalized spacial score (nSPS) is 22.5. The number of carbonyl (C=O) groups is 1. The van der Waals surface area contributed by atoms with Crippen molar-refractivity contribution in [3.8, 4) is 0 Å². The van der Waals surface area contributed by atoms with E-state index in [1.54, 1.807) is 28.6 Å². The Morgan fingerprint density at radius 1 is 0.967 bits per heavy atom. The molecule has 7 heteroatoms. The van der Waals surface area contributed by atoms with Crippen LogP contribution in [0.4, 0.5) is 0 Å². The molecule has 0 aliphatic carbocycles. The molecule has 0 aromatic heterocycles. The number of carbonyl (C=O) groups excluding carboxylic acids is 1. The number of nitrogens with zero attached hydrogens (tertiary/aromatic N) is 3. The second-order valence-corrected chi connectivity index (χ2v) is 10.8. The maximum Gasteiger partial charge on any atom is 0.253 e. The van der Waals surface area contributed by atoms with Crippen LogP contribution >= 0.6 is 0 Å². The lowest BCUT2D eigenvalue weighted by atomic mass is 9.94. The zero-order chi connectivity index (χ0) is 21.5. The van der Waals surface area contributed by atoms with E-state index in [9.17, 15) is 13.2 Å². The molecule has 2 heterocycles. The molecule has 1 amide bonds. The van der Waals surface area contributed by atoms with Crippen LogP contribution in [0, 0.1) is 6.92 Å². The SMILES string of the molecule is Cc1ccc(C(=O)N2CCN3[C@@H](C2)CN(S(=O)(=O)c2ccccc2)CC3(C)C)cc1. The topological polar surface area (TPSA) is 60.9 Å². The van der Waals surface area contributed by atoms with Gasteiger partial charge in [-0.05, 0) is 45.0 Å². The second-order valence-electron chi connectivity index (χ2n) is 8.89. The fraction of sp³-hybridized carbons (Fsp3) is 0.435. The molecular formula is C23H29N3O3S. The van der Waals surface area contributed by atoms with Gasteiger partial charge in [-0.3, -0.25) is 9.69 Å². The van der Waals surface area contributed by atoms with E-state index in [1.165, 1.54) is 0 Å². The van der Waals surface area contributed by atoms with Gasteiger partial charge >= 0.3 is 0 Å². The number of fused-ring (bicyclic) bond motifs is 1. The van der Waals surface area contributed by atoms with Crippen molar-refractivity contribution in [3.05, 3.63) is 65.7 Å². The third-order valence-corrected chi connectivity index (χ3v) is 8.03. The first kappa shape index (κ1) is 21.0. The van der Waals surface area contributed by atoms with Gasteiger partial charge in [0, 0.05) is 49.9 Å². The summed E-state index contributed by atoms with van der Waals surface area (Å²) in [6, 6.07) is 16.2. The van der Waals surface area contributed by atoms with Crippen LogP contribution in [-0.4, -0.2) is 72.7 Å². The van der Waals surface area contributed by atoms with E-state index in [0.717, 1.165) is 12.1 Å². The van der Waals surface area contributed by atoms with Crippen LogP contribution in [-0.2, 0) is 10.0 Å². The molecule has 0 saturated carbocycles. The van der Waals surface area contributed by atoms with Crippen molar-refractivity contribution in [1.82, 2.24) is 14.1 Å². The molecule has 0 N–H and O–H groups in total. The summed E-state index contributed by atoms with van der Waals surface area (Å²) in [6.07, 6.45) is 0. The van der Waals surface area contributed by atoms with E-state index in [1.807, 2.05) is 42.2 Å². The van der Waals surface area contributed by atoms with Gasteiger partial charge in [0.2, 0.25) is 10.0 Å². The van der Waals surface area contributed by atoms with Gasteiger partial charge in [-0.1, -0.05) is 35.9 Å². The highest BCUT2D eigenvalue weighted by molar-refractivity contribution is 7.89. The van der Waals surface area contributed by atoms with Crippen LogP contribution < -0.4 is 0 Å². The van der Waals surface area contributed by atoms with Gasteiger partial charge in [-0.15, -0.1) is 0 Å². The number of piperazine rings is 2. The zero-order valence-electron chi connectivity index (χ0n) is 17.8. The number of rotatable bonds is 3. The van der Waals surface area contributed by atoms with E-state index >= 15 is 0 Å². The minimum atomic E-state index is -3.58. The van der Waals surface area contributed by atoms with Crippen LogP contribution in [0.2, 0.25) is 0 Å². The highest BCUT2D eigenvalue weighted by Gasteiger charge is 2.46. The van der Waals surface area contributed by atoms with Crippen molar-refractivity contribution in [2.75, 3.05) is 32.7 Å². The summed E-state index contributed by atoms with van der Waals surface area (Å²) in [5.41, 5.74) is 1.49. The molecule has 30 heavy (non-hydrogen) atoms. The Morgan fingerprint density at radius 2 is 1.63 bits per heavy atom. The van der Waals surface area contributed by atoms with Crippen molar-refractivity contribution in [1.29, 1.82) is 0 Å². The lowest BCUT2D eigenvalue weighted by Gasteiger charge is -2.55. The molecule has 0 unspecified atom stereocenters. The Morgan fingerprint density at radius 3 is 2.30 bits per heavy atom. The summed E-state index contributed by atoms with van der Waals surface area (Å²) < 4.78 is 28.1. The molecular weight excluding hydrogens is 398 g/mol. The van der Waals surface area contributed by atoms with E-state index < -0.39 is 10.0 Å². The number of aryl methyl sites for hydroxylation is 1. The lowest BCUT2D eigenvalue weighted by molar-refractivity contribution is -0.0374. The molecule has 2 aliphatic rings. The first-order valence-electron chi connectivity index (χ1n) is 10.4. The second kappa shape index (κ2) is 7.80. The minimum Gasteiger partial charge on any atom is -0.336 e. The molecule has 160 valence electrons. The first-order valence-corrected chi connectivity index (χ1v) is 11.8. The van der Waals surface area contributed by atoms with Crippen LogP contribution in [0.5, 0.6) is 0 Å². The van der Waals surface area contributed by atoms with E-state index in [4.69, 9.17) is 0 Å². The molecule has 0 spiro atoms. The molecule has 0 radical (unpaired) electrons. The van der Waals surface area contributed by atoms with Gasteiger partial charge in [-0.2, -0.15) is 4.31 Å². The maximum atomic E-state index is 13.2. The average molecular weight is 428 g/mol. The fourth-order valence-corrected chi connectivity index (χ4v) is 6.27. The Kier molecular flexibility index (Phi) is 5.46. The number of sulfonamides is 1. The standard InChI is InChI=1S/C23H29N3O3S/c1-18-9-11-19(12-10-18)22(27)24-13-14-26-20(15-24)16-25(17-23(26,2)3)30(28,29)21-7-5-4-6-8-21/h4-12,20H,13-17H2,1-3H3/t20-/m0/s1. The molecule has 2 aromatic rings. The largest absolute Gasteiger partial charge is 0.336 e. The Labute approximate surface area is 179 Å². The van der Waals surface area contributed by atoms with Crippen LogP contribution in [0.15, 0.2) is 59.5 Å². The zero-order valence-corrected chi connectivity index (χ0v) is 18.6. The van der Waals surface area contributed by atoms with Crippen LogP contribution in [0.1, 0.15) is 29.8 Å². The van der Waals surface area contributed by atoms with Gasteiger partial charge in [0.15, 0.2) is 0 Å². The minimum absolute atomic E-state index is 0.00972. The quantitative estimate of drug-likeness (QED) is 0.756. The Bertz CT molecular complexity index is 1020. The highest BCUT2D eigenvalue weighted by Crippen LogP contribution is 2.31. The third-order valence-electron chi connectivity index (χ3n) is 6.20. The average Bonchev–Trinajstić information content (AvgIpc) is 2.73. The van der Waals surface area contributed by atoms with Crippen molar-refractivity contribution in [2.45, 2.75) is 37.2 Å². The van der Waals surface area contributed by atoms with Crippen LogP contribution in [0.25, 0.3) is 0 Å². The highest BCUT2D eigenvalue weighted by atomic mass is 32.2. The summed E-state index contributed by atoms with van der Waals surface area (Å²) in [5, 5.41) is 0. The summed E-state index contributed by atoms with van der Waals surface area (Å²) >= 11 is 0. The molecule has 2 aromatic carbocycles. The molecule has 2 saturated heterocycles. The van der Waals surface area contributed by atoms with Gasteiger partial charge in [0.05, 0.1) is 4.90 Å². The summed E-state index contributed by atoms with van der Waals surface area (Å²) in [4.78, 5) is 17.6. The number of amides is 1. The van der Waals surface area contributed by atoms with E-state index in [0.29, 0.717) is 36.6 Å². The molecule has 2 fully saturated rings. The Balaban J connectivity index is 1.56. The van der Waals surface area contributed by atoms with Gasteiger partial charge in [0.25, 0.3) is 5.91 Å². The number of benzene rings is 2.